The van der Waals surface area contributed by atoms with Crippen LogP contribution >= 0.6 is 34.0 Å². The first-order chi connectivity index (χ1) is 37.3. The molecule has 0 saturated carbocycles. The number of aromatic nitrogens is 3. The van der Waals surface area contributed by atoms with Gasteiger partial charge in [-0.1, -0.05) is 88.6 Å². The van der Waals surface area contributed by atoms with Gasteiger partial charge in [0.25, 0.3) is 5.91 Å². The molecule has 0 radical (unpaired) electrons. The van der Waals surface area contributed by atoms with Crippen LogP contribution in [0, 0.1) is 27.7 Å². The van der Waals surface area contributed by atoms with Crippen LogP contribution in [0.25, 0.3) is 52.6 Å². The molecule has 1 aliphatic heterocycles. The number of ether oxygens (including phenoxy) is 3. The average Bonchev–Trinajstić information content (AvgIpc) is 4.20. The SMILES string of the molecule is COc1cccc2sc(NNC(=O)C3COc4ccccc4O3)nc12.Cc1cc(C)c2nc(NNC(=O)c3cc(=O)c4ccccc4o3)sc2c1.Cc1ccc2sc(NNC(=O)c3cc(=O)c4ccccc4o3)nc2c1C. The summed E-state index contributed by atoms with van der Waals surface area (Å²) < 4.78 is 30.6. The Morgan fingerprint density at radius 2 is 1.10 bits per heavy atom. The number of nitrogens with one attached hydrogen (secondary N) is 6. The molecule has 1 aliphatic rings. The summed E-state index contributed by atoms with van der Waals surface area (Å²) in [6.07, 6.45) is -0.730. The molecule has 3 amide bonds. The maximum absolute atomic E-state index is 12.3. The van der Waals surface area contributed by atoms with E-state index >= 15 is 0 Å². The highest BCUT2D eigenvalue weighted by atomic mass is 32.1. The number of carbonyl (C=O) groups excluding carboxylic acids is 3. The molecule has 19 nitrogen and oxygen atoms in total. The van der Waals surface area contributed by atoms with Gasteiger partial charge >= 0.3 is 11.8 Å². The molecule has 0 saturated heterocycles. The van der Waals surface area contributed by atoms with E-state index in [4.69, 9.17) is 23.0 Å². The third-order valence-electron chi connectivity index (χ3n) is 11.9. The Morgan fingerprint density at radius 3 is 1.74 bits per heavy atom. The number of aryl methyl sites for hydroxylation is 4. The van der Waals surface area contributed by atoms with Crippen LogP contribution in [-0.4, -0.2) is 52.5 Å². The molecule has 0 spiro atoms. The van der Waals surface area contributed by atoms with E-state index in [-0.39, 0.29) is 34.9 Å². The number of rotatable bonds is 10. The first-order valence-corrected chi connectivity index (χ1v) is 26.0. The highest BCUT2D eigenvalue weighted by Gasteiger charge is 2.27. The quantitative estimate of drug-likeness (QED) is 0.0697. The van der Waals surface area contributed by atoms with Gasteiger partial charge in [-0.2, -0.15) is 0 Å². The van der Waals surface area contributed by atoms with E-state index in [1.54, 1.807) is 67.8 Å². The van der Waals surface area contributed by atoms with Crippen LogP contribution in [0.2, 0.25) is 0 Å². The number of nitrogens with zero attached hydrogens (tertiary/aromatic N) is 3. The maximum Gasteiger partial charge on any atom is 0.305 e. The topological polar surface area (TPSA) is 250 Å². The fourth-order valence-electron chi connectivity index (χ4n) is 7.96. The van der Waals surface area contributed by atoms with Crippen molar-refractivity contribution >= 4 is 120 Å². The van der Waals surface area contributed by atoms with Gasteiger partial charge in [0.1, 0.15) is 29.0 Å². The van der Waals surface area contributed by atoms with E-state index < -0.39 is 17.9 Å². The van der Waals surface area contributed by atoms with Gasteiger partial charge in [0.2, 0.25) is 21.5 Å². The van der Waals surface area contributed by atoms with E-state index in [1.807, 2.05) is 70.2 Å². The van der Waals surface area contributed by atoms with Crippen LogP contribution in [0.1, 0.15) is 43.4 Å². The zero-order valence-corrected chi connectivity index (χ0v) is 44.0. The lowest BCUT2D eigenvalue weighted by molar-refractivity contribution is -0.129. The van der Waals surface area contributed by atoms with Gasteiger partial charge in [-0.05, 0) is 111 Å². The molecule has 6 N–H and O–H groups in total. The Balaban J connectivity index is 0.000000131. The normalized spacial score (nSPS) is 12.5. The molecule has 12 rings (SSSR count). The molecule has 22 heteroatoms. The van der Waals surface area contributed by atoms with Gasteiger partial charge in [0.05, 0.1) is 43.0 Å². The Kier molecular flexibility index (Phi) is 14.8. The Labute approximate surface area is 448 Å². The van der Waals surface area contributed by atoms with Crippen LogP contribution < -0.4 is 57.6 Å². The highest BCUT2D eigenvalue weighted by molar-refractivity contribution is 7.23. The summed E-state index contributed by atoms with van der Waals surface area (Å²) in [4.78, 5) is 74.5. The third-order valence-corrected chi connectivity index (χ3v) is 14.7. The van der Waals surface area contributed by atoms with Gasteiger partial charge in [-0.3, -0.25) is 56.5 Å². The second-order valence-electron chi connectivity index (χ2n) is 17.2. The molecule has 0 aliphatic carbocycles. The summed E-state index contributed by atoms with van der Waals surface area (Å²) in [5.74, 6) is 0.342. The fraction of sp³-hybridized carbons (Fsp3) is 0.127. The summed E-state index contributed by atoms with van der Waals surface area (Å²) in [6, 6.07) is 37.1. The number of thiazole rings is 3. The minimum atomic E-state index is -0.730. The van der Waals surface area contributed by atoms with Crippen LogP contribution in [0.4, 0.5) is 15.4 Å². The van der Waals surface area contributed by atoms with Crippen LogP contribution in [0.5, 0.6) is 17.2 Å². The standard InChI is InChI=1S/2C19H15N3O3S.C17H15N3O4S/c1-10-7-11(2)17-16(8-10)26-19(20-17)22-21-18(24)15-9-13(23)12-5-3-4-6-14(12)25-15;1-10-7-8-16-17(11(10)2)20-19(26-16)22-21-18(24)15-9-13(23)12-5-3-4-6-14(12)25-15;1-22-12-7-4-8-14-15(12)18-17(25-14)20-19-16(21)13-9-23-10-5-2-3-6-11(10)24-13/h2*3-9H,1-2H3,(H,20,22)(H,21,24);2-8,13H,9H2,1H3,(H,18,20)(H,19,21). The van der Waals surface area contributed by atoms with Gasteiger partial charge in [-0.15, -0.1) is 0 Å². The molecule has 1 unspecified atom stereocenters. The smallest absolute Gasteiger partial charge is 0.305 e. The number of benzene rings is 6. The molecule has 11 aromatic rings. The molecule has 6 heterocycles. The number of hydrazine groups is 3. The van der Waals surface area contributed by atoms with Crippen molar-refractivity contribution < 1.29 is 37.4 Å². The van der Waals surface area contributed by atoms with Crippen molar-refractivity contribution in [1.29, 1.82) is 0 Å². The first kappa shape index (κ1) is 51.1. The van der Waals surface area contributed by atoms with Gasteiger partial charge in [-0.25, -0.2) is 15.0 Å². The molecule has 388 valence electrons. The molecule has 5 aromatic heterocycles. The number of anilines is 3. The number of methoxy groups -OCH3 is 1. The lowest BCUT2D eigenvalue weighted by Gasteiger charge is -2.25. The summed E-state index contributed by atoms with van der Waals surface area (Å²) in [5, 5.41) is 2.56. The van der Waals surface area contributed by atoms with Crippen molar-refractivity contribution in [2.24, 2.45) is 0 Å². The predicted octanol–water partition coefficient (Wildman–Crippen LogP) is 10.1. The van der Waals surface area contributed by atoms with Gasteiger partial charge in [0, 0.05) is 12.1 Å². The Morgan fingerprint density at radius 1 is 0.558 bits per heavy atom. The molecular formula is C55H45N9O10S3. The molecular weight excluding hydrogens is 1040 g/mol. The predicted molar refractivity (Wildman–Crippen MR) is 300 cm³/mol. The third kappa shape index (κ3) is 11.3. The largest absolute Gasteiger partial charge is 0.494 e. The monoisotopic (exact) mass is 1090 g/mol. The van der Waals surface area contributed by atoms with Crippen molar-refractivity contribution in [2.45, 2.75) is 33.8 Å². The van der Waals surface area contributed by atoms with Crippen LogP contribution in [0.3, 0.4) is 0 Å². The van der Waals surface area contributed by atoms with Crippen LogP contribution in [-0.2, 0) is 4.79 Å². The highest BCUT2D eigenvalue weighted by Crippen LogP contribution is 2.34. The van der Waals surface area contributed by atoms with Crippen molar-refractivity contribution in [2.75, 3.05) is 30.0 Å². The number of hydrogen-bond donors (Lipinski definition) is 6. The van der Waals surface area contributed by atoms with Crippen molar-refractivity contribution in [1.82, 2.24) is 31.2 Å². The van der Waals surface area contributed by atoms with E-state index in [2.05, 4.69) is 59.6 Å². The van der Waals surface area contributed by atoms with Gasteiger partial charge in [0.15, 0.2) is 33.9 Å². The van der Waals surface area contributed by atoms with E-state index in [9.17, 15) is 24.0 Å². The average molecular weight is 1090 g/mol. The Hall–Kier alpha value is -9.38. The van der Waals surface area contributed by atoms with E-state index in [0.717, 1.165) is 52.9 Å². The van der Waals surface area contributed by atoms with Crippen molar-refractivity contribution in [3.63, 3.8) is 0 Å². The molecule has 0 bridgehead atoms. The van der Waals surface area contributed by atoms with Crippen LogP contribution in [0.15, 0.2) is 146 Å². The maximum atomic E-state index is 12.3. The number of amides is 3. The number of para-hydroxylation sites is 5. The minimum absolute atomic E-state index is 0.0608. The zero-order chi connectivity index (χ0) is 53.7. The van der Waals surface area contributed by atoms with Crippen molar-refractivity contribution in [3.8, 4) is 17.2 Å². The zero-order valence-electron chi connectivity index (χ0n) is 41.6. The lowest BCUT2D eigenvalue weighted by atomic mass is 10.1. The summed E-state index contributed by atoms with van der Waals surface area (Å²) in [5.41, 5.74) is 23.4. The second-order valence-corrected chi connectivity index (χ2v) is 20.3. The molecule has 77 heavy (non-hydrogen) atoms. The number of hydrogen-bond acceptors (Lipinski definition) is 19. The number of carbonyl (C=O) groups is 3. The fourth-order valence-corrected chi connectivity index (χ4v) is 10.7. The first-order valence-electron chi connectivity index (χ1n) is 23.6. The number of fused-ring (bicyclic) bond motifs is 6. The van der Waals surface area contributed by atoms with E-state index in [1.165, 1.54) is 46.1 Å². The Bertz CT molecular complexity index is 4080. The van der Waals surface area contributed by atoms with E-state index in [0.29, 0.717) is 54.6 Å². The second kappa shape index (κ2) is 22.2. The molecule has 0 fully saturated rings. The molecule has 6 aromatic carbocycles. The summed E-state index contributed by atoms with van der Waals surface area (Å²) in [6.45, 7) is 8.23. The van der Waals surface area contributed by atoms with Gasteiger partial charge < -0.3 is 23.0 Å². The molecule has 1 atom stereocenters. The van der Waals surface area contributed by atoms with Crippen molar-refractivity contribution in [3.05, 3.63) is 182 Å². The summed E-state index contributed by atoms with van der Waals surface area (Å²) in [7, 11) is 1.60. The lowest BCUT2D eigenvalue weighted by Crippen LogP contribution is -2.45. The summed E-state index contributed by atoms with van der Waals surface area (Å²) >= 11 is 4.29. The minimum Gasteiger partial charge on any atom is -0.494 e.